The first-order valence-electron chi connectivity index (χ1n) is 4.15. The molecule has 0 saturated heterocycles. The van der Waals surface area contributed by atoms with E-state index in [2.05, 4.69) is 5.43 Å². The number of allylic oxidation sites excluding steroid dienone is 1. The Morgan fingerprint density at radius 1 is 1.33 bits per heavy atom. The van der Waals surface area contributed by atoms with Crippen LogP contribution in [0.1, 0.15) is 27.7 Å². The van der Waals surface area contributed by atoms with Crippen LogP contribution in [0.2, 0.25) is 0 Å². The van der Waals surface area contributed by atoms with Crippen LogP contribution in [-0.4, -0.2) is 24.5 Å². The molecular weight excluding hydrogens is 152 g/mol. The van der Waals surface area contributed by atoms with E-state index in [1.165, 1.54) is 0 Å². The summed E-state index contributed by atoms with van der Waals surface area (Å²) in [6.45, 7) is 8.48. The maximum absolute atomic E-state index is 11.3. The summed E-state index contributed by atoms with van der Waals surface area (Å²) in [6, 6.07) is 0. The summed E-state index contributed by atoms with van der Waals surface area (Å²) < 4.78 is 0. The van der Waals surface area contributed by atoms with Gasteiger partial charge in [0.15, 0.2) is 0 Å². The van der Waals surface area contributed by atoms with Crippen LogP contribution in [0.3, 0.4) is 0 Å². The molecule has 0 radical (unpaired) electrons. The second kappa shape index (κ2) is 4.93. The van der Waals surface area contributed by atoms with Crippen molar-refractivity contribution < 1.29 is 4.79 Å². The molecule has 0 heterocycles. The van der Waals surface area contributed by atoms with Crippen LogP contribution in [0.15, 0.2) is 11.1 Å². The van der Waals surface area contributed by atoms with Gasteiger partial charge in [0.1, 0.15) is 0 Å². The first kappa shape index (κ1) is 11.2. The first-order chi connectivity index (χ1) is 5.49. The zero-order valence-corrected chi connectivity index (χ0v) is 8.56. The quantitative estimate of drug-likeness (QED) is 0.512. The minimum atomic E-state index is -0.0145. The first-order valence-corrected chi connectivity index (χ1v) is 4.15. The molecule has 0 aromatic rings. The van der Waals surface area contributed by atoms with Gasteiger partial charge in [0.05, 0.1) is 0 Å². The van der Waals surface area contributed by atoms with Crippen molar-refractivity contribution >= 4 is 5.91 Å². The molecule has 3 heteroatoms. The highest BCUT2D eigenvalue weighted by molar-refractivity contribution is 5.92. The summed E-state index contributed by atoms with van der Waals surface area (Å²) in [6.07, 6.45) is 0. The van der Waals surface area contributed by atoms with Crippen LogP contribution in [-0.2, 0) is 4.79 Å². The Bertz CT molecular complexity index is 193. The maximum atomic E-state index is 11.3. The van der Waals surface area contributed by atoms with Gasteiger partial charge in [0, 0.05) is 19.2 Å². The largest absolute Gasteiger partial charge is 0.285 e. The number of rotatable bonds is 3. The minimum Gasteiger partial charge on any atom is -0.285 e. The number of nitrogens with one attached hydrogen (secondary N) is 1. The molecule has 0 rings (SSSR count). The SMILES string of the molecule is CCN(C)NC(=O)C(C)=C(C)C. The number of hydrogen-bond acceptors (Lipinski definition) is 2. The van der Waals surface area contributed by atoms with Crippen LogP contribution in [0.4, 0.5) is 0 Å². The highest BCUT2D eigenvalue weighted by atomic mass is 16.2. The molecule has 0 bridgehead atoms. The number of carbonyl (C=O) groups excluding carboxylic acids is 1. The second-order valence-corrected chi connectivity index (χ2v) is 3.08. The molecule has 0 saturated carbocycles. The molecule has 0 aromatic carbocycles. The summed E-state index contributed by atoms with van der Waals surface area (Å²) in [7, 11) is 1.84. The Kier molecular flexibility index (Phi) is 4.59. The molecule has 1 amide bonds. The van der Waals surface area contributed by atoms with Crippen molar-refractivity contribution in [1.82, 2.24) is 10.4 Å². The molecule has 0 unspecified atom stereocenters. The number of amides is 1. The van der Waals surface area contributed by atoms with E-state index in [0.29, 0.717) is 0 Å². The Labute approximate surface area is 74.4 Å². The van der Waals surface area contributed by atoms with Crippen molar-refractivity contribution in [3.8, 4) is 0 Å². The molecule has 0 aliphatic carbocycles. The third-order valence-corrected chi connectivity index (χ3v) is 1.86. The second-order valence-electron chi connectivity index (χ2n) is 3.08. The van der Waals surface area contributed by atoms with E-state index in [4.69, 9.17) is 0 Å². The van der Waals surface area contributed by atoms with Crippen molar-refractivity contribution in [2.75, 3.05) is 13.6 Å². The van der Waals surface area contributed by atoms with Crippen molar-refractivity contribution in [3.63, 3.8) is 0 Å². The van der Waals surface area contributed by atoms with Gasteiger partial charge in [-0.25, -0.2) is 5.01 Å². The van der Waals surface area contributed by atoms with Crippen molar-refractivity contribution in [2.45, 2.75) is 27.7 Å². The molecule has 0 fully saturated rings. The topological polar surface area (TPSA) is 32.3 Å². The summed E-state index contributed by atoms with van der Waals surface area (Å²) >= 11 is 0. The fourth-order valence-electron chi connectivity index (χ4n) is 0.563. The molecule has 0 aliphatic rings. The maximum Gasteiger partial charge on any atom is 0.261 e. The summed E-state index contributed by atoms with van der Waals surface area (Å²) in [5.41, 5.74) is 4.59. The Morgan fingerprint density at radius 2 is 1.83 bits per heavy atom. The molecule has 1 N–H and O–H groups in total. The van der Waals surface area contributed by atoms with Crippen molar-refractivity contribution in [2.24, 2.45) is 0 Å². The third-order valence-electron chi connectivity index (χ3n) is 1.86. The monoisotopic (exact) mass is 170 g/mol. The van der Waals surface area contributed by atoms with Gasteiger partial charge in [-0.2, -0.15) is 0 Å². The Balaban J connectivity index is 4.15. The van der Waals surface area contributed by atoms with Gasteiger partial charge in [0.25, 0.3) is 5.91 Å². The highest BCUT2D eigenvalue weighted by Gasteiger charge is 2.06. The van der Waals surface area contributed by atoms with Crippen LogP contribution >= 0.6 is 0 Å². The van der Waals surface area contributed by atoms with Gasteiger partial charge in [0.2, 0.25) is 0 Å². The third kappa shape index (κ3) is 3.53. The smallest absolute Gasteiger partial charge is 0.261 e. The average Bonchev–Trinajstić information content (AvgIpc) is 2.02. The molecule has 0 aromatic heterocycles. The van der Waals surface area contributed by atoms with E-state index in [1.807, 2.05) is 34.7 Å². The predicted molar refractivity (Wildman–Crippen MR) is 50.5 cm³/mol. The summed E-state index contributed by atoms with van der Waals surface area (Å²) in [4.78, 5) is 11.3. The molecule has 0 spiro atoms. The average molecular weight is 170 g/mol. The van der Waals surface area contributed by atoms with Gasteiger partial charge in [-0.15, -0.1) is 0 Å². The lowest BCUT2D eigenvalue weighted by Gasteiger charge is -2.16. The van der Waals surface area contributed by atoms with E-state index in [1.54, 1.807) is 5.01 Å². The lowest BCUT2D eigenvalue weighted by molar-refractivity contribution is -0.121. The predicted octanol–water partition coefficient (Wildman–Crippen LogP) is 1.33. The molecule has 0 aliphatic heterocycles. The highest BCUT2D eigenvalue weighted by Crippen LogP contribution is 2.01. The summed E-state index contributed by atoms with van der Waals surface area (Å²) in [5.74, 6) is -0.0145. The molecule has 70 valence electrons. The van der Waals surface area contributed by atoms with Gasteiger partial charge >= 0.3 is 0 Å². The van der Waals surface area contributed by atoms with E-state index >= 15 is 0 Å². The van der Waals surface area contributed by atoms with Gasteiger partial charge < -0.3 is 0 Å². The lowest BCUT2D eigenvalue weighted by atomic mass is 10.2. The summed E-state index contributed by atoms with van der Waals surface area (Å²) in [5, 5.41) is 1.76. The number of hydrogen-bond donors (Lipinski definition) is 1. The molecule has 0 atom stereocenters. The number of hydrazine groups is 1. The van der Waals surface area contributed by atoms with E-state index in [-0.39, 0.29) is 5.91 Å². The fourth-order valence-corrected chi connectivity index (χ4v) is 0.563. The Hall–Kier alpha value is -0.830. The van der Waals surface area contributed by atoms with Crippen LogP contribution in [0, 0.1) is 0 Å². The van der Waals surface area contributed by atoms with E-state index in [9.17, 15) is 4.79 Å². The Morgan fingerprint density at radius 3 is 2.17 bits per heavy atom. The standard InChI is InChI=1S/C9H18N2O/c1-6-11(5)10-9(12)8(4)7(2)3/h6H2,1-5H3,(H,10,12). The van der Waals surface area contributed by atoms with Gasteiger partial charge in [-0.1, -0.05) is 12.5 Å². The lowest BCUT2D eigenvalue weighted by Crippen LogP contribution is -2.39. The van der Waals surface area contributed by atoms with Crippen molar-refractivity contribution in [1.29, 1.82) is 0 Å². The molecule has 12 heavy (non-hydrogen) atoms. The normalized spacial score (nSPS) is 9.83. The zero-order valence-electron chi connectivity index (χ0n) is 8.56. The molecule has 3 nitrogen and oxygen atoms in total. The van der Waals surface area contributed by atoms with E-state index < -0.39 is 0 Å². The van der Waals surface area contributed by atoms with Gasteiger partial charge in [-0.3, -0.25) is 10.2 Å². The van der Waals surface area contributed by atoms with E-state index in [0.717, 1.165) is 17.7 Å². The zero-order chi connectivity index (χ0) is 9.72. The number of nitrogens with zero attached hydrogens (tertiary/aromatic N) is 1. The molecular formula is C9H18N2O. The van der Waals surface area contributed by atoms with Crippen LogP contribution in [0.25, 0.3) is 0 Å². The minimum absolute atomic E-state index is 0.0145. The van der Waals surface area contributed by atoms with Crippen LogP contribution < -0.4 is 5.43 Å². The van der Waals surface area contributed by atoms with Gasteiger partial charge in [-0.05, 0) is 20.8 Å². The van der Waals surface area contributed by atoms with Crippen LogP contribution in [0.5, 0.6) is 0 Å². The fraction of sp³-hybridized carbons (Fsp3) is 0.667. The van der Waals surface area contributed by atoms with Crippen molar-refractivity contribution in [3.05, 3.63) is 11.1 Å². The number of carbonyl (C=O) groups is 1.